The molecule has 0 aliphatic carbocycles. The average Bonchev–Trinajstić information content (AvgIpc) is 2.79. The van der Waals surface area contributed by atoms with E-state index in [9.17, 15) is 0 Å². The lowest BCUT2D eigenvalue weighted by atomic mass is 10.1. The number of aryl methyl sites for hydroxylation is 1. The normalized spacial score (nSPS) is 10.8. The maximum Gasteiger partial charge on any atom is 0.278 e. The monoisotopic (exact) mass is 319 g/mol. The molecule has 2 aromatic carbocycles. The number of halogens is 1. The molecule has 0 radical (unpaired) electrons. The van der Waals surface area contributed by atoms with Gasteiger partial charge in [-0.2, -0.15) is 0 Å². The molecule has 0 N–H and O–H groups in total. The van der Waals surface area contributed by atoms with Gasteiger partial charge in [-0.05, 0) is 39.7 Å². The SMILES string of the molecule is Cc1csc(Oc2ccc3ccccc3c2Br)n1. The first-order chi connectivity index (χ1) is 8.74. The fraction of sp³-hybridized carbons (Fsp3) is 0.0714. The van der Waals surface area contributed by atoms with E-state index in [1.165, 1.54) is 16.7 Å². The summed E-state index contributed by atoms with van der Waals surface area (Å²) in [7, 11) is 0. The second kappa shape index (κ2) is 4.71. The molecule has 1 aromatic heterocycles. The van der Waals surface area contributed by atoms with Crippen LogP contribution in [0.3, 0.4) is 0 Å². The van der Waals surface area contributed by atoms with Crippen LogP contribution >= 0.6 is 27.3 Å². The Bertz CT molecular complexity index is 708. The highest BCUT2D eigenvalue weighted by Crippen LogP contribution is 2.36. The van der Waals surface area contributed by atoms with Gasteiger partial charge in [-0.1, -0.05) is 41.7 Å². The summed E-state index contributed by atoms with van der Waals surface area (Å²) >= 11 is 5.10. The number of rotatable bonds is 2. The Morgan fingerprint density at radius 2 is 2.00 bits per heavy atom. The summed E-state index contributed by atoms with van der Waals surface area (Å²) in [4.78, 5) is 4.30. The number of aromatic nitrogens is 1. The van der Waals surface area contributed by atoms with Gasteiger partial charge in [0.05, 0.1) is 10.2 Å². The van der Waals surface area contributed by atoms with Gasteiger partial charge < -0.3 is 4.74 Å². The van der Waals surface area contributed by atoms with Gasteiger partial charge in [-0.25, -0.2) is 4.98 Å². The van der Waals surface area contributed by atoms with Crippen molar-refractivity contribution in [1.29, 1.82) is 0 Å². The smallest absolute Gasteiger partial charge is 0.278 e. The third kappa shape index (κ3) is 2.13. The Balaban J connectivity index is 2.04. The van der Waals surface area contributed by atoms with Crippen molar-refractivity contribution in [2.24, 2.45) is 0 Å². The second-order valence-electron chi connectivity index (χ2n) is 3.96. The Morgan fingerprint density at radius 1 is 1.17 bits per heavy atom. The van der Waals surface area contributed by atoms with E-state index < -0.39 is 0 Å². The predicted molar refractivity (Wildman–Crippen MR) is 78.6 cm³/mol. The van der Waals surface area contributed by atoms with Crippen LogP contribution in [0.25, 0.3) is 10.8 Å². The lowest BCUT2D eigenvalue weighted by Crippen LogP contribution is -1.86. The summed E-state index contributed by atoms with van der Waals surface area (Å²) in [6.07, 6.45) is 0. The highest BCUT2D eigenvalue weighted by Gasteiger charge is 2.08. The summed E-state index contributed by atoms with van der Waals surface area (Å²) < 4.78 is 6.76. The van der Waals surface area contributed by atoms with Gasteiger partial charge in [-0.3, -0.25) is 0 Å². The third-order valence-corrected chi connectivity index (χ3v) is 4.28. The van der Waals surface area contributed by atoms with E-state index in [0.29, 0.717) is 5.19 Å². The predicted octanol–water partition coefficient (Wildman–Crippen LogP) is 5.16. The summed E-state index contributed by atoms with van der Waals surface area (Å²) in [6.45, 7) is 1.96. The van der Waals surface area contributed by atoms with Crippen molar-refractivity contribution in [3.8, 4) is 10.9 Å². The molecular weight excluding hydrogens is 310 g/mol. The van der Waals surface area contributed by atoms with Gasteiger partial charge in [0.2, 0.25) is 0 Å². The molecule has 0 saturated heterocycles. The van der Waals surface area contributed by atoms with Crippen molar-refractivity contribution < 1.29 is 4.74 Å². The number of nitrogens with zero attached hydrogens (tertiary/aromatic N) is 1. The molecule has 0 atom stereocenters. The molecule has 0 spiro atoms. The molecule has 0 amide bonds. The number of ether oxygens (including phenoxy) is 1. The van der Waals surface area contributed by atoms with E-state index in [1.54, 1.807) is 0 Å². The highest BCUT2D eigenvalue weighted by molar-refractivity contribution is 9.10. The lowest BCUT2D eigenvalue weighted by molar-refractivity contribution is 0.476. The van der Waals surface area contributed by atoms with E-state index in [0.717, 1.165) is 21.3 Å². The molecule has 0 fully saturated rings. The fourth-order valence-electron chi connectivity index (χ4n) is 1.77. The molecule has 3 aromatic rings. The van der Waals surface area contributed by atoms with Crippen molar-refractivity contribution in [2.75, 3.05) is 0 Å². The van der Waals surface area contributed by atoms with Crippen LogP contribution in [0.5, 0.6) is 10.9 Å². The lowest BCUT2D eigenvalue weighted by Gasteiger charge is -2.07. The van der Waals surface area contributed by atoms with E-state index in [2.05, 4.69) is 39.1 Å². The van der Waals surface area contributed by atoms with Gasteiger partial charge in [0, 0.05) is 5.38 Å². The molecule has 4 heteroatoms. The number of fused-ring (bicyclic) bond motifs is 1. The number of benzene rings is 2. The zero-order chi connectivity index (χ0) is 12.5. The van der Waals surface area contributed by atoms with Crippen LogP contribution in [0.2, 0.25) is 0 Å². The first-order valence-corrected chi connectivity index (χ1v) is 7.18. The maximum atomic E-state index is 5.80. The molecule has 0 aliphatic heterocycles. The topological polar surface area (TPSA) is 22.1 Å². The molecular formula is C14H10BrNOS. The summed E-state index contributed by atoms with van der Waals surface area (Å²) in [5, 5.41) is 4.98. The molecule has 0 unspecified atom stereocenters. The van der Waals surface area contributed by atoms with Crippen LogP contribution < -0.4 is 4.74 Å². The minimum absolute atomic E-state index is 0.670. The molecule has 0 bridgehead atoms. The first kappa shape index (κ1) is 11.7. The molecule has 18 heavy (non-hydrogen) atoms. The highest BCUT2D eigenvalue weighted by atomic mass is 79.9. The van der Waals surface area contributed by atoms with Gasteiger partial charge >= 0.3 is 0 Å². The maximum absolute atomic E-state index is 5.80. The van der Waals surface area contributed by atoms with Crippen LogP contribution in [0, 0.1) is 6.92 Å². The van der Waals surface area contributed by atoms with E-state index in [4.69, 9.17) is 4.74 Å². The third-order valence-electron chi connectivity index (χ3n) is 2.62. The van der Waals surface area contributed by atoms with Crippen molar-refractivity contribution >= 4 is 38.0 Å². The molecule has 3 rings (SSSR count). The Morgan fingerprint density at radius 3 is 2.78 bits per heavy atom. The molecule has 0 aliphatic rings. The molecule has 2 nitrogen and oxygen atoms in total. The first-order valence-electron chi connectivity index (χ1n) is 5.51. The fourth-order valence-corrected chi connectivity index (χ4v) is 3.00. The van der Waals surface area contributed by atoms with Gasteiger partial charge in [0.25, 0.3) is 5.19 Å². The number of hydrogen-bond acceptors (Lipinski definition) is 3. The van der Waals surface area contributed by atoms with Crippen LogP contribution in [0.1, 0.15) is 5.69 Å². The summed E-state index contributed by atoms with van der Waals surface area (Å²) in [6, 6.07) is 12.2. The number of hydrogen-bond donors (Lipinski definition) is 0. The largest absolute Gasteiger partial charge is 0.430 e. The van der Waals surface area contributed by atoms with Crippen molar-refractivity contribution in [1.82, 2.24) is 4.98 Å². The Hall–Kier alpha value is -1.39. The quantitative estimate of drug-likeness (QED) is 0.651. The van der Waals surface area contributed by atoms with E-state index in [1.807, 2.05) is 30.5 Å². The second-order valence-corrected chi connectivity index (χ2v) is 5.57. The van der Waals surface area contributed by atoms with Gasteiger partial charge in [0.15, 0.2) is 0 Å². The standard InChI is InChI=1S/C14H10BrNOS/c1-9-8-18-14(16-9)17-12-7-6-10-4-2-3-5-11(10)13(12)15/h2-8H,1H3. The van der Waals surface area contributed by atoms with Gasteiger partial charge in [-0.15, -0.1) is 0 Å². The molecule has 0 saturated carbocycles. The van der Waals surface area contributed by atoms with Crippen LogP contribution in [0.15, 0.2) is 46.3 Å². The Labute approximate surface area is 117 Å². The minimum atomic E-state index is 0.670. The summed E-state index contributed by atoms with van der Waals surface area (Å²) in [5.41, 5.74) is 0.979. The minimum Gasteiger partial charge on any atom is -0.430 e. The van der Waals surface area contributed by atoms with Crippen LogP contribution in [0.4, 0.5) is 0 Å². The molecule has 1 heterocycles. The van der Waals surface area contributed by atoms with Gasteiger partial charge in [0.1, 0.15) is 5.75 Å². The Kier molecular flexibility index (Phi) is 3.06. The average molecular weight is 320 g/mol. The van der Waals surface area contributed by atoms with Crippen molar-refractivity contribution in [3.63, 3.8) is 0 Å². The zero-order valence-electron chi connectivity index (χ0n) is 9.68. The number of thiazole rings is 1. The van der Waals surface area contributed by atoms with Crippen LogP contribution in [-0.4, -0.2) is 4.98 Å². The summed E-state index contributed by atoms with van der Waals surface area (Å²) in [5.74, 6) is 0.794. The van der Waals surface area contributed by atoms with E-state index >= 15 is 0 Å². The van der Waals surface area contributed by atoms with Crippen molar-refractivity contribution in [3.05, 3.63) is 51.9 Å². The van der Waals surface area contributed by atoms with E-state index in [-0.39, 0.29) is 0 Å². The van der Waals surface area contributed by atoms with Crippen LogP contribution in [-0.2, 0) is 0 Å². The van der Waals surface area contributed by atoms with Crippen molar-refractivity contribution in [2.45, 2.75) is 6.92 Å². The zero-order valence-corrected chi connectivity index (χ0v) is 12.1. The molecule has 90 valence electrons.